The van der Waals surface area contributed by atoms with Gasteiger partial charge in [-0.1, -0.05) is 17.7 Å². The fourth-order valence-electron chi connectivity index (χ4n) is 1.36. The molecule has 0 heterocycles. The van der Waals surface area contributed by atoms with Gasteiger partial charge in [-0.15, -0.1) is 0 Å². The van der Waals surface area contributed by atoms with Gasteiger partial charge in [0.05, 0.1) is 17.6 Å². The van der Waals surface area contributed by atoms with Crippen molar-refractivity contribution in [3.05, 3.63) is 29.8 Å². The van der Waals surface area contributed by atoms with E-state index >= 15 is 0 Å². The molecule has 6 heteroatoms. The van der Waals surface area contributed by atoms with Crippen LogP contribution in [0, 0.1) is 6.92 Å². The van der Waals surface area contributed by atoms with E-state index in [1.54, 1.807) is 12.1 Å². The summed E-state index contributed by atoms with van der Waals surface area (Å²) in [6.07, 6.45) is -0.359. The lowest BCUT2D eigenvalue weighted by Crippen LogP contribution is -2.15. The van der Waals surface area contributed by atoms with Gasteiger partial charge < -0.3 is 10.2 Å². The van der Waals surface area contributed by atoms with Crippen LogP contribution in [0.15, 0.2) is 29.2 Å². The molecular formula is C12H18O5S. The van der Waals surface area contributed by atoms with Crippen molar-refractivity contribution in [2.75, 3.05) is 13.2 Å². The maximum Gasteiger partial charge on any atom is 0.296 e. The number of aliphatic hydroxyl groups is 2. The van der Waals surface area contributed by atoms with Crippen LogP contribution in [0.4, 0.5) is 0 Å². The highest BCUT2D eigenvalue weighted by Crippen LogP contribution is 2.13. The predicted molar refractivity (Wildman–Crippen MR) is 66.6 cm³/mol. The van der Waals surface area contributed by atoms with E-state index in [2.05, 4.69) is 0 Å². The van der Waals surface area contributed by atoms with Gasteiger partial charge in [0, 0.05) is 6.61 Å². The zero-order valence-corrected chi connectivity index (χ0v) is 11.1. The molecule has 0 saturated heterocycles. The Labute approximate surface area is 107 Å². The molecule has 1 rings (SSSR count). The summed E-state index contributed by atoms with van der Waals surface area (Å²) in [5, 5.41) is 17.9. The van der Waals surface area contributed by atoms with Crippen LogP contribution < -0.4 is 0 Å². The molecule has 0 radical (unpaired) electrons. The molecule has 0 aromatic heterocycles. The summed E-state index contributed by atoms with van der Waals surface area (Å²) in [7, 11) is -3.76. The Kier molecular flexibility index (Phi) is 5.74. The lowest BCUT2D eigenvalue weighted by Gasteiger charge is -2.09. The van der Waals surface area contributed by atoms with Crippen molar-refractivity contribution in [2.45, 2.75) is 30.8 Å². The van der Waals surface area contributed by atoms with Crippen molar-refractivity contribution >= 4 is 10.1 Å². The molecule has 5 nitrogen and oxygen atoms in total. The summed E-state index contributed by atoms with van der Waals surface area (Å²) < 4.78 is 28.3. The van der Waals surface area contributed by atoms with Gasteiger partial charge in [-0.05, 0) is 31.9 Å². The van der Waals surface area contributed by atoms with Crippen LogP contribution in [-0.4, -0.2) is 37.9 Å². The van der Waals surface area contributed by atoms with Crippen LogP contribution in [0.3, 0.4) is 0 Å². The van der Waals surface area contributed by atoms with E-state index in [1.807, 2.05) is 6.92 Å². The Hall–Kier alpha value is -0.950. The van der Waals surface area contributed by atoms with Crippen LogP contribution in [0.5, 0.6) is 0 Å². The lowest BCUT2D eigenvalue weighted by atomic mass is 10.2. The van der Waals surface area contributed by atoms with E-state index in [0.717, 1.165) is 5.56 Å². The fraction of sp³-hybridized carbons (Fsp3) is 0.500. The second kappa shape index (κ2) is 6.84. The molecule has 0 aliphatic carbocycles. The lowest BCUT2D eigenvalue weighted by molar-refractivity contribution is 0.109. The van der Waals surface area contributed by atoms with Gasteiger partial charge in [-0.3, -0.25) is 4.18 Å². The van der Waals surface area contributed by atoms with E-state index in [-0.39, 0.29) is 31.0 Å². The number of aliphatic hydroxyl groups excluding tert-OH is 2. The highest BCUT2D eigenvalue weighted by molar-refractivity contribution is 7.86. The first-order valence-corrected chi connectivity index (χ1v) is 7.11. The fourth-order valence-corrected chi connectivity index (χ4v) is 2.28. The van der Waals surface area contributed by atoms with Crippen molar-refractivity contribution in [3.63, 3.8) is 0 Å². The molecule has 0 bridgehead atoms. The summed E-state index contributed by atoms with van der Waals surface area (Å²) >= 11 is 0. The average molecular weight is 274 g/mol. The highest BCUT2D eigenvalue weighted by atomic mass is 32.2. The number of hydrogen-bond acceptors (Lipinski definition) is 5. The van der Waals surface area contributed by atoms with Crippen LogP contribution in [0.25, 0.3) is 0 Å². The molecule has 1 unspecified atom stereocenters. The van der Waals surface area contributed by atoms with Crippen molar-refractivity contribution in [1.29, 1.82) is 0 Å². The third-order valence-electron chi connectivity index (χ3n) is 2.46. The Bertz CT molecular complexity index is 452. The first kappa shape index (κ1) is 15.1. The average Bonchev–Trinajstić information content (AvgIpc) is 2.29. The van der Waals surface area contributed by atoms with Gasteiger partial charge in [-0.2, -0.15) is 8.42 Å². The Morgan fingerprint density at radius 3 is 2.39 bits per heavy atom. The maximum atomic E-state index is 11.7. The normalized spacial score (nSPS) is 13.5. The minimum absolute atomic E-state index is 0.0998. The zero-order chi connectivity index (χ0) is 13.6. The van der Waals surface area contributed by atoms with E-state index in [0.29, 0.717) is 0 Å². The molecule has 1 aromatic rings. The minimum atomic E-state index is -3.76. The van der Waals surface area contributed by atoms with Crippen LogP contribution in [0.1, 0.15) is 18.4 Å². The molecule has 1 aromatic carbocycles. The first-order valence-electron chi connectivity index (χ1n) is 5.71. The van der Waals surface area contributed by atoms with E-state index in [1.165, 1.54) is 12.1 Å². The monoisotopic (exact) mass is 274 g/mol. The van der Waals surface area contributed by atoms with Gasteiger partial charge >= 0.3 is 0 Å². The Morgan fingerprint density at radius 2 is 1.83 bits per heavy atom. The molecule has 102 valence electrons. The van der Waals surface area contributed by atoms with Crippen LogP contribution in [0.2, 0.25) is 0 Å². The second-order valence-electron chi connectivity index (χ2n) is 4.04. The SMILES string of the molecule is Cc1ccc(S(=O)(=O)OCCC(O)CCO)cc1. The number of aryl methyl sites for hydroxylation is 1. The molecule has 2 N–H and O–H groups in total. The number of benzene rings is 1. The summed E-state index contributed by atoms with van der Waals surface area (Å²) in [4.78, 5) is 0.102. The van der Waals surface area contributed by atoms with Crippen molar-refractivity contribution < 1.29 is 22.8 Å². The van der Waals surface area contributed by atoms with E-state index in [4.69, 9.17) is 9.29 Å². The van der Waals surface area contributed by atoms with Crippen molar-refractivity contribution in [3.8, 4) is 0 Å². The van der Waals surface area contributed by atoms with E-state index in [9.17, 15) is 13.5 Å². The third-order valence-corrected chi connectivity index (χ3v) is 3.79. The standard InChI is InChI=1S/C12H18O5S/c1-10-2-4-12(5-3-10)18(15,16)17-9-7-11(14)6-8-13/h2-5,11,13-14H,6-9H2,1H3. The topological polar surface area (TPSA) is 83.8 Å². The summed E-state index contributed by atoms with van der Waals surface area (Å²) in [6, 6.07) is 6.34. The molecule has 0 spiro atoms. The van der Waals surface area contributed by atoms with Crippen LogP contribution >= 0.6 is 0 Å². The molecule has 0 saturated carbocycles. The first-order chi connectivity index (χ1) is 8.45. The highest BCUT2D eigenvalue weighted by Gasteiger charge is 2.15. The molecule has 0 fully saturated rings. The van der Waals surface area contributed by atoms with Crippen LogP contribution in [-0.2, 0) is 14.3 Å². The molecule has 0 aliphatic rings. The maximum absolute atomic E-state index is 11.7. The van der Waals surface area contributed by atoms with Gasteiger partial charge in [0.1, 0.15) is 0 Å². The van der Waals surface area contributed by atoms with E-state index < -0.39 is 16.2 Å². The molecular weight excluding hydrogens is 256 g/mol. The summed E-state index contributed by atoms with van der Waals surface area (Å²) in [6.45, 7) is 1.63. The molecule has 18 heavy (non-hydrogen) atoms. The number of hydrogen-bond donors (Lipinski definition) is 2. The Balaban J connectivity index is 2.52. The molecule has 0 aliphatic heterocycles. The Morgan fingerprint density at radius 1 is 1.22 bits per heavy atom. The quantitative estimate of drug-likeness (QED) is 0.720. The predicted octanol–water partition coefficient (Wildman–Crippen LogP) is 0.834. The van der Waals surface area contributed by atoms with Gasteiger partial charge in [0.15, 0.2) is 0 Å². The minimum Gasteiger partial charge on any atom is -0.396 e. The van der Waals surface area contributed by atoms with Gasteiger partial charge in [0.2, 0.25) is 0 Å². The van der Waals surface area contributed by atoms with Crippen molar-refractivity contribution in [2.24, 2.45) is 0 Å². The zero-order valence-electron chi connectivity index (χ0n) is 10.2. The van der Waals surface area contributed by atoms with Crippen molar-refractivity contribution in [1.82, 2.24) is 0 Å². The summed E-state index contributed by atoms with van der Waals surface area (Å²) in [5.74, 6) is 0. The second-order valence-corrected chi connectivity index (χ2v) is 5.66. The molecule has 1 atom stereocenters. The molecule has 0 amide bonds. The number of rotatable bonds is 7. The van der Waals surface area contributed by atoms with Gasteiger partial charge in [-0.25, -0.2) is 0 Å². The third kappa shape index (κ3) is 4.73. The smallest absolute Gasteiger partial charge is 0.296 e. The summed E-state index contributed by atoms with van der Waals surface area (Å²) in [5.41, 5.74) is 0.965. The largest absolute Gasteiger partial charge is 0.396 e. The van der Waals surface area contributed by atoms with Gasteiger partial charge in [0.25, 0.3) is 10.1 Å².